The average Bonchev–Trinajstić information content (AvgIpc) is 2.81. The van der Waals surface area contributed by atoms with Gasteiger partial charge < -0.3 is 15.3 Å². The van der Waals surface area contributed by atoms with Crippen LogP contribution in [0.25, 0.3) is 0 Å². The van der Waals surface area contributed by atoms with E-state index in [2.05, 4.69) is 6.92 Å². The predicted molar refractivity (Wildman–Crippen MR) is 85.2 cm³/mol. The van der Waals surface area contributed by atoms with Crippen molar-refractivity contribution in [2.75, 3.05) is 0 Å². The summed E-state index contributed by atoms with van der Waals surface area (Å²) in [6.45, 7) is 2.15. The smallest absolute Gasteiger partial charge is 0.307 e. The third-order valence-electron chi connectivity index (χ3n) is 7.03. The van der Waals surface area contributed by atoms with Crippen LogP contribution in [0.3, 0.4) is 0 Å². The lowest BCUT2D eigenvalue weighted by molar-refractivity contribution is -0.148. The van der Waals surface area contributed by atoms with Crippen LogP contribution in [-0.2, 0) is 11.2 Å². The van der Waals surface area contributed by atoms with Crippen molar-refractivity contribution < 1.29 is 20.1 Å². The summed E-state index contributed by atoms with van der Waals surface area (Å²) >= 11 is 0. The minimum Gasteiger partial charge on any atom is -0.508 e. The van der Waals surface area contributed by atoms with E-state index >= 15 is 0 Å². The molecule has 3 N–H and O–H groups in total. The fourth-order valence-corrected chi connectivity index (χ4v) is 5.85. The van der Waals surface area contributed by atoms with Crippen LogP contribution in [0.4, 0.5) is 0 Å². The summed E-state index contributed by atoms with van der Waals surface area (Å²) < 4.78 is 0. The molecule has 4 heteroatoms. The molecule has 0 aliphatic heterocycles. The Hall–Kier alpha value is -1.55. The maximum absolute atomic E-state index is 12.0. The summed E-state index contributed by atoms with van der Waals surface area (Å²) in [4.78, 5) is 12.0. The molecule has 3 aliphatic rings. The SMILES string of the molecule is C[C@]12CC[C@@H]3c4ccc(O)cc4C[C@@H](C(=O)O)[C@H]3[C@@H]1CC[C@@H]2O. The zero-order valence-corrected chi connectivity index (χ0v) is 13.4. The summed E-state index contributed by atoms with van der Waals surface area (Å²) in [6.07, 6.45) is 3.78. The molecule has 0 saturated heterocycles. The van der Waals surface area contributed by atoms with Crippen molar-refractivity contribution in [2.45, 2.75) is 51.0 Å². The van der Waals surface area contributed by atoms with E-state index in [-0.39, 0.29) is 35.0 Å². The van der Waals surface area contributed by atoms with E-state index in [9.17, 15) is 20.1 Å². The van der Waals surface area contributed by atoms with Crippen molar-refractivity contribution >= 4 is 5.97 Å². The summed E-state index contributed by atoms with van der Waals surface area (Å²) in [6, 6.07) is 5.43. The Bertz CT molecular complexity index is 655. The highest BCUT2D eigenvalue weighted by molar-refractivity contribution is 5.72. The number of aliphatic hydroxyl groups excluding tert-OH is 1. The van der Waals surface area contributed by atoms with Gasteiger partial charge in [0.1, 0.15) is 5.75 Å². The fraction of sp³-hybridized carbons (Fsp3) is 0.632. The second kappa shape index (κ2) is 4.97. The Morgan fingerprint density at radius 3 is 2.78 bits per heavy atom. The van der Waals surface area contributed by atoms with Crippen LogP contribution in [0.1, 0.15) is 49.7 Å². The molecule has 3 aliphatic carbocycles. The quantitative estimate of drug-likeness (QED) is 0.744. The van der Waals surface area contributed by atoms with Gasteiger partial charge in [-0.25, -0.2) is 0 Å². The third-order valence-corrected chi connectivity index (χ3v) is 7.03. The molecular weight excluding hydrogens is 292 g/mol. The number of hydrogen-bond acceptors (Lipinski definition) is 3. The molecule has 0 heterocycles. The van der Waals surface area contributed by atoms with Gasteiger partial charge in [-0.3, -0.25) is 4.79 Å². The maximum Gasteiger partial charge on any atom is 0.307 e. The van der Waals surface area contributed by atoms with Crippen LogP contribution in [0.15, 0.2) is 18.2 Å². The molecule has 124 valence electrons. The van der Waals surface area contributed by atoms with Crippen LogP contribution < -0.4 is 0 Å². The number of carboxylic acid groups (broad SMARTS) is 1. The van der Waals surface area contributed by atoms with E-state index < -0.39 is 11.9 Å². The van der Waals surface area contributed by atoms with Gasteiger partial charge in [0, 0.05) is 0 Å². The molecule has 0 aromatic heterocycles. The maximum atomic E-state index is 12.0. The van der Waals surface area contributed by atoms with Gasteiger partial charge in [-0.05, 0) is 78.5 Å². The van der Waals surface area contributed by atoms with Crippen LogP contribution in [0, 0.1) is 23.2 Å². The van der Waals surface area contributed by atoms with Gasteiger partial charge in [-0.2, -0.15) is 0 Å². The molecule has 1 aromatic carbocycles. The zero-order chi connectivity index (χ0) is 16.4. The summed E-state index contributed by atoms with van der Waals surface area (Å²) in [5.41, 5.74) is 2.07. The van der Waals surface area contributed by atoms with Crippen LogP contribution in [0.2, 0.25) is 0 Å². The highest BCUT2D eigenvalue weighted by Gasteiger charge is 2.57. The Balaban J connectivity index is 1.81. The van der Waals surface area contributed by atoms with E-state index in [0.29, 0.717) is 6.42 Å². The molecule has 4 rings (SSSR count). The molecule has 0 unspecified atom stereocenters. The van der Waals surface area contributed by atoms with Gasteiger partial charge in [0.05, 0.1) is 12.0 Å². The standard InChI is InChI=1S/C19H24O4/c1-19-7-6-13-12-3-2-11(20)8-10(12)9-14(18(22)23)17(13)15(19)4-5-16(19)21/h2-3,8,13-17,20-21H,4-7,9H2,1H3,(H,22,23)/t13-,14-,15+,16+,17+,19+/m1/s1. The normalized spacial score (nSPS) is 41.7. The van der Waals surface area contributed by atoms with Crippen molar-refractivity contribution in [1.82, 2.24) is 0 Å². The number of fused-ring (bicyclic) bond motifs is 5. The van der Waals surface area contributed by atoms with Gasteiger partial charge >= 0.3 is 5.97 Å². The summed E-state index contributed by atoms with van der Waals surface area (Å²) in [5, 5.41) is 30.0. The Labute approximate surface area is 136 Å². The number of rotatable bonds is 1. The lowest BCUT2D eigenvalue weighted by atomic mass is 9.52. The summed E-state index contributed by atoms with van der Waals surface area (Å²) in [5.74, 6) is -0.323. The Morgan fingerprint density at radius 1 is 1.26 bits per heavy atom. The second-order valence-corrected chi connectivity index (χ2v) is 7.96. The van der Waals surface area contributed by atoms with E-state index in [1.54, 1.807) is 12.1 Å². The molecule has 0 spiro atoms. The number of benzene rings is 1. The molecular formula is C19H24O4. The monoisotopic (exact) mass is 316 g/mol. The van der Waals surface area contributed by atoms with E-state index in [0.717, 1.165) is 31.2 Å². The minimum atomic E-state index is -0.736. The molecule has 23 heavy (non-hydrogen) atoms. The predicted octanol–water partition coefficient (Wildman–Crippen LogP) is 2.92. The van der Waals surface area contributed by atoms with Gasteiger partial charge in [0.25, 0.3) is 0 Å². The van der Waals surface area contributed by atoms with E-state index in [1.165, 1.54) is 5.56 Å². The molecule has 6 atom stereocenters. The molecule has 2 saturated carbocycles. The molecule has 1 aromatic rings. The largest absolute Gasteiger partial charge is 0.508 e. The van der Waals surface area contributed by atoms with Gasteiger partial charge in [0.2, 0.25) is 0 Å². The molecule has 2 fully saturated rings. The number of phenols is 1. The van der Waals surface area contributed by atoms with Gasteiger partial charge in [-0.15, -0.1) is 0 Å². The Kier molecular flexibility index (Phi) is 3.24. The molecule has 0 bridgehead atoms. The van der Waals surface area contributed by atoms with Gasteiger partial charge in [0.15, 0.2) is 0 Å². The van der Waals surface area contributed by atoms with Crippen LogP contribution in [0.5, 0.6) is 5.75 Å². The number of aliphatic hydroxyl groups is 1. The number of carboxylic acids is 1. The number of hydrogen-bond donors (Lipinski definition) is 3. The highest BCUT2D eigenvalue weighted by atomic mass is 16.4. The van der Waals surface area contributed by atoms with Gasteiger partial charge in [-0.1, -0.05) is 13.0 Å². The van der Waals surface area contributed by atoms with E-state index in [4.69, 9.17) is 0 Å². The van der Waals surface area contributed by atoms with Crippen molar-refractivity contribution in [2.24, 2.45) is 23.2 Å². The van der Waals surface area contributed by atoms with Crippen LogP contribution >= 0.6 is 0 Å². The first-order chi connectivity index (χ1) is 10.9. The zero-order valence-electron chi connectivity index (χ0n) is 13.4. The number of phenolic OH excluding ortho intramolecular Hbond substituents is 1. The van der Waals surface area contributed by atoms with Crippen molar-refractivity contribution in [3.63, 3.8) is 0 Å². The molecule has 4 nitrogen and oxygen atoms in total. The molecule has 0 amide bonds. The first-order valence-electron chi connectivity index (χ1n) is 8.64. The lowest BCUT2D eigenvalue weighted by Gasteiger charge is -2.52. The fourth-order valence-electron chi connectivity index (χ4n) is 5.85. The van der Waals surface area contributed by atoms with Crippen molar-refractivity contribution in [3.8, 4) is 5.75 Å². The molecule has 0 radical (unpaired) electrons. The van der Waals surface area contributed by atoms with Crippen LogP contribution in [-0.4, -0.2) is 27.4 Å². The number of carbonyl (C=O) groups is 1. The Morgan fingerprint density at radius 2 is 2.04 bits per heavy atom. The van der Waals surface area contributed by atoms with E-state index in [1.807, 2.05) is 6.07 Å². The third kappa shape index (κ3) is 2.04. The average molecular weight is 316 g/mol. The summed E-state index contributed by atoms with van der Waals surface area (Å²) in [7, 11) is 0. The minimum absolute atomic E-state index is 0.0976. The topological polar surface area (TPSA) is 77.8 Å². The highest BCUT2D eigenvalue weighted by Crippen LogP contribution is 2.62. The lowest BCUT2D eigenvalue weighted by Crippen LogP contribution is -2.48. The second-order valence-electron chi connectivity index (χ2n) is 7.96. The first kappa shape index (κ1) is 15.0. The number of aromatic hydroxyl groups is 1. The first-order valence-corrected chi connectivity index (χ1v) is 8.64. The van der Waals surface area contributed by atoms with Crippen molar-refractivity contribution in [1.29, 1.82) is 0 Å². The number of aliphatic carboxylic acids is 1. The van der Waals surface area contributed by atoms with Crippen molar-refractivity contribution in [3.05, 3.63) is 29.3 Å².